The second-order valence-corrected chi connectivity index (χ2v) is 4.99. The van der Waals surface area contributed by atoms with Gasteiger partial charge in [0, 0.05) is 25.0 Å². The predicted octanol–water partition coefficient (Wildman–Crippen LogP) is 0.552. The zero-order valence-corrected chi connectivity index (χ0v) is 11.4. The fourth-order valence-corrected chi connectivity index (χ4v) is 1.65. The maximum Gasteiger partial charge on any atom is 0.250 e. The third-order valence-electron chi connectivity index (χ3n) is 2.87. The molecule has 1 aromatic carbocycles. The van der Waals surface area contributed by atoms with E-state index in [1.807, 2.05) is 0 Å². The molecule has 0 aromatic heterocycles. The van der Waals surface area contributed by atoms with Crippen LogP contribution in [0.15, 0.2) is 18.2 Å². The van der Waals surface area contributed by atoms with E-state index in [0.717, 1.165) is 0 Å². The van der Waals surface area contributed by atoms with Gasteiger partial charge in [-0.05, 0) is 32.0 Å². The predicted molar refractivity (Wildman–Crippen MR) is 75.7 cm³/mol. The van der Waals surface area contributed by atoms with Gasteiger partial charge in [0.25, 0.3) is 5.91 Å². The van der Waals surface area contributed by atoms with Crippen LogP contribution in [0.2, 0.25) is 0 Å². The lowest BCUT2D eigenvalue weighted by Gasteiger charge is -2.24. The van der Waals surface area contributed by atoms with Crippen LogP contribution < -0.4 is 22.1 Å². The number of carbonyl (C=O) groups excluding carboxylic acids is 2. The minimum atomic E-state index is -0.606. The molecule has 1 aromatic rings. The van der Waals surface area contributed by atoms with Crippen LogP contribution in [-0.2, 0) is 4.79 Å². The van der Waals surface area contributed by atoms with Crippen LogP contribution in [0.25, 0.3) is 0 Å². The molecular weight excluding hydrogens is 244 g/mol. The minimum absolute atomic E-state index is 0.0870. The number of hydrogen-bond donors (Lipinski definition) is 4. The number of anilines is 2. The molecule has 0 aliphatic heterocycles. The largest absolute Gasteiger partial charge is 0.399 e. The van der Waals surface area contributed by atoms with Crippen LogP contribution in [0, 0.1) is 5.41 Å². The van der Waals surface area contributed by atoms with Crippen LogP contribution in [0.3, 0.4) is 0 Å². The maximum atomic E-state index is 11.7. The molecule has 0 atom stereocenters. The lowest BCUT2D eigenvalue weighted by atomic mass is 9.92. The molecule has 0 aliphatic carbocycles. The van der Waals surface area contributed by atoms with Gasteiger partial charge in [-0.1, -0.05) is 0 Å². The van der Waals surface area contributed by atoms with E-state index in [1.165, 1.54) is 6.07 Å². The number of rotatable bonds is 5. The first-order valence-corrected chi connectivity index (χ1v) is 5.93. The summed E-state index contributed by atoms with van der Waals surface area (Å²) in [4.78, 5) is 23.0. The first-order valence-electron chi connectivity index (χ1n) is 5.93. The number of nitrogens with two attached hydrogens (primary N) is 2. The van der Waals surface area contributed by atoms with Crippen LogP contribution in [0.5, 0.6) is 0 Å². The molecule has 0 fully saturated rings. The second-order valence-electron chi connectivity index (χ2n) is 4.99. The molecule has 6 N–H and O–H groups in total. The highest BCUT2D eigenvalue weighted by Gasteiger charge is 2.26. The molecule has 2 amide bonds. The van der Waals surface area contributed by atoms with Crippen LogP contribution in [0.1, 0.15) is 24.2 Å². The molecule has 6 heteroatoms. The monoisotopic (exact) mass is 264 g/mol. The Bertz CT molecular complexity index is 497. The summed E-state index contributed by atoms with van der Waals surface area (Å²) in [7, 11) is 1.59. The van der Waals surface area contributed by atoms with E-state index in [2.05, 4.69) is 10.6 Å². The number of benzene rings is 1. The fraction of sp³-hybridized carbons (Fsp3) is 0.385. The van der Waals surface area contributed by atoms with Crippen molar-refractivity contribution in [3.63, 3.8) is 0 Å². The van der Waals surface area contributed by atoms with Gasteiger partial charge in [0.15, 0.2) is 0 Å². The quantitative estimate of drug-likeness (QED) is 0.582. The standard InChI is InChI=1S/C13H20N4O2/c1-13(2,12(19)16-3)7-17-10-5-4-8(14)6-9(10)11(15)18/h4-6,17H,7,14H2,1-3H3,(H2,15,18)(H,16,19). The Hall–Kier alpha value is -2.24. The van der Waals surface area contributed by atoms with Gasteiger partial charge in [-0.15, -0.1) is 0 Å². The van der Waals surface area contributed by atoms with Gasteiger partial charge in [0.1, 0.15) is 0 Å². The molecule has 1 rings (SSSR count). The molecule has 0 saturated heterocycles. The van der Waals surface area contributed by atoms with E-state index < -0.39 is 11.3 Å². The fourth-order valence-electron chi connectivity index (χ4n) is 1.65. The van der Waals surface area contributed by atoms with E-state index in [-0.39, 0.29) is 5.91 Å². The highest BCUT2D eigenvalue weighted by molar-refractivity contribution is 5.99. The number of carbonyl (C=O) groups is 2. The van der Waals surface area contributed by atoms with E-state index in [0.29, 0.717) is 23.5 Å². The zero-order valence-electron chi connectivity index (χ0n) is 11.4. The number of hydrogen-bond acceptors (Lipinski definition) is 4. The highest BCUT2D eigenvalue weighted by Crippen LogP contribution is 2.21. The van der Waals surface area contributed by atoms with Gasteiger partial charge in [-0.3, -0.25) is 9.59 Å². The van der Waals surface area contributed by atoms with Crippen LogP contribution >= 0.6 is 0 Å². The van der Waals surface area contributed by atoms with Crippen LogP contribution in [-0.4, -0.2) is 25.4 Å². The van der Waals surface area contributed by atoms with Crippen molar-refractivity contribution in [2.45, 2.75) is 13.8 Å². The summed E-state index contributed by atoms with van der Waals surface area (Å²) >= 11 is 0. The molecule has 0 bridgehead atoms. The Morgan fingerprint density at radius 2 is 1.95 bits per heavy atom. The average Bonchev–Trinajstić information content (AvgIpc) is 2.36. The lowest BCUT2D eigenvalue weighted by Crippen LogP contribution is -2.39. The summed E-state index contributed by atoms with van der Waals surface area (Å²) in [6.45, 7) is 3.98. The third-order valence-corrected chi connectivity index (χ3v) is 2.87. The van der Waals surface area contributed by atoms with E-state index in [1.54, 1.807) is 33.0 Å². The summed E-state index contributed by atoms with van der Waals surface area (Å²) in [5.41, 5.74) is 11.7. The topological polar surface area (TPSA) is 110 Å². The summed E-state index contributed by atoms with van der Waals surface area (Å²) in [5, 5.41) is 5.66. The van der Waals surface area contributed by atoms with E-state index >= 15 is 0 Å². The van der Waals surface area contributed by atoms with Gasteiger partial charge in [0.2, 0.25) is 5.91 Å². The van der Waals surface area contributed by atoms with Crippen molar-refractivity contribution in [2.24, 2.45) is 11.1 Å². The van der Waals surface area contributed by atoms with Crippen molar-refractivity contribution in [1.82, 2.24) is 5.32 Å². The highest BCUT2D eigenvalue weighted by atomic mass is 16.2. The number of amides is 2. The number of nitrogens with one attached hydrogen (secondary N) is 2. The van der Waals surface area contributed by atoms with E-state index in [4.69, 9.17) is 11.5 Å². The van der Waals surface area contributed by atoms with Gasteiger partial charge in [0.05, 0.1) is 11.0 Å². The van der Waals surface area contributed by atoms with Crippen molar-refractivity contribution >= 4 is 23.2 Å². The molecule has 104 valence electrons. The Kier molecular flexibility index (Phi) is 4.37. The smallest absolute Gasteiger partial charge is 0.250 e. The molecule has 0 heterocycles. The van der Waals surface area contributed by atoms with Gasteiger partial charge in [-0.25, -0.2) is 0 Å². The van der Waals surface area contributed by atoms with E-state index in [9.17, 15) is 9.59 Å². The molecule has 0 spiro atoms. The summed E-state index contributed by atoms with van der Waals surface area (Å²) in [5.74, 6) is -0.649. The molecule has 0 unspecified atom stereocenters. The molecule has 19 heavy (non-hydrogen) atoms. The van der Waals surface area contributed by atoms with Crippen molar-refractivity contribution in [2.75, 3.05) is 24.6 Å². The SMILES string of the molecule is CNC(=O)C(C)(C)CNc1ccc(N)cc1C(N)=O. The summed E-state index contributed by atoms with van der Waals surface area (Å²) in [6, 6.07) is 4.86. The zero-order chi connectivity index (χ0) is 14.6. The molecule has 0 saturated carbocycles. The Balaban J connectivity index is 2.89. The third kappa shape index (κ3) is 3.61. The van der Waals surface area contributed by atoms with Gasteiger partial charge >= 0.3 is 0 Å². The maximum absolute atomic E-state index is 11.7. The minimum Gasteiger partial charge on any atom is -0.399 e. The van der Waals surface area contributed by atoms with Gasteiger partial charge < -0.3 is 22.1 Å². The molecular formula is C13H20N4O2. The number of primary amides is 1. The first-order chi connectivity index (χ1) is 8.77. The Morgan fingerprint density at radius 1 is 1.32 bits per heavy atom. The first kappa shape index (κ1) is 14.8. The van der Waals surface area contributed by atoms with Gasteiger partial charge in [-0.2, -0.15) is 0 Å². The Labute approximate surface area is 112 Å². The van der Waals surface area contributed by atoms with Crippen molar-refractivity contribution < 1.29 is 9.59 Å². The average molecular weight is 264 g/mol. The lowest BCUT2D eigenvalue weighted by molar-refractivity contribution is -0.128. The Morgan fingerprint density at radius 3 is 2.47 bits per heavy atom. The number of nitrogen functional groups attached to an aromatic ring is 1. The molecule has 0 aliphatic rings. The van der Waals surface area contributed by atoms with Crippen LogP contribution in [0.4, 0.5) is 11.4 Å². The van der Waals surface area contributed by atoms with Crippen molar-refractivity contribution in [3.05, 3.63) is 23.8 Å². The normalized spacial score (nSPS) is 10.9. The summed E-state index contributed by atoms with van der Waals surface area (Å²) < 4.78 is 0. The van der Waals surface area contributed by atoms with Crippen molar-refractivity contribution in [3.8, 4) is 0 Å². The van der Waals surface area contributed by atoms with Crippen molar-refractivity contribution in [1.29, 1.82) is 0 Å². The molecule has 6 nitrogen and oxygen atoms in total. The molecule has 0 radical (unpaired) electrons. The summed E-state index contributed by atoms with van der Waals surface area (Å²) in [6.07, 6.45) is 0. The second kappa shape index (κ2) is 5.60.